The summed E-state index contributed by atoms with van der Waals surface area (Å²) in [6, 6.07) is 0.0225. The number of piperazine rings is 1. The number of carbonyl (C=O) groups excluding carboxylic acids is 1. The Bertz CT molecular complexity index is 309. The van der Waals surface area contributed by atoms with Crippen molar-refractivity contribution in [3.8, 4) is 0 Å². The zero-order valence-corrected chi connectivity index (χ0v) is 12.4. The van der Waals surface area contributed by atoms with Crippen LogP contribution in [0.15, 0.2) is 11.8 Å². The van der Waals surface area contributed by atoms with Crippen LogP contribution >= 0.6 is 0 Å². The van der Waals surface area contributed by atoms with E-state index in [9.17, 15) is 4.79 Å². The third-order valence-corrected chi connectivity index (χ3v) is 3.70. The van der Waals surface area contributed by atoms with Crippen LogP contribution in [0.4, 0.5) is 4.79 Å². The maximum Gasteiger partial charge on any atom is 0.321 e. The Balaban J connectivity index is 2.43. The summed E-state index contributed by atoms with van der Waals surface area (Å²) in [5.41, 5.74) is 1.29. The summed E-state index contributed by atoms with van der Waals surface area (Å²) in [7, 11) is 0. The lowest BCUT2D eigenvalue weighted by Crippen LogP contribution is -2.50. The molecule has 0 aromatic rings. The van der Waals surface area contributed by atoms with E-state index in [-0.39, 0.29) is 11.4 Å². The van der Waals surface area contributed by atoms with E-state index in [1.165, 1.54) is 5.57 Å². The molecule has 4 heteroatoms. The average Bonchev–Trinajstić information content (AvgIpc) is 2.34. The molecule has 0 saturated carbocycles. The van der Waals surface area contributed by atoms with Crippen LogP contribution in [0.1, 0.15) is 34.6 Å². The summed E-state index contributed by atoms with van der Waals surface area (Å²) in [6.45, 7) is 15.3. The molecule has 0 unspecified atom stereocenters. The molecule has 0 bridgehead atoms. The van der Waals surface area contributed by atoms with Crippen LogP contribution in [0.25, 0.3) is 0 Å². The maximum absolute atomic E-state index is 12.0. The van der Waals surface area contributed by atoms with E-state index in [1.54, 1.807) is 0 Å². The Morgan fingerprint density at radius 3 is 2.22 bits per heavy atom. The number of rotatable bonds is 2. The normalized spacial score (nSPS) is 18.9. The molecule has 104 valence electrons. The van der Waals surface area contributed by atoms with Crippen LogP contribution in [0.3, 0.4) is 0 Å². The Morgan fingerprint density at radius 2 is 1.78 bits per heavy atom. The molecule has 0 aliphatic carbocycles. The molecule has 0 atom stereocenters. The fourth-order valence-electron chi connectivity index (χ4n) is 1.74. The van der Waals surface area contributed by atoms with Crippen molar-refractivity contribution >= 4 is 6.03 Å². The van der Waals surface area contributed by atoms with Gasteiger partial charge in [0.2, 0.25) is 0 Å². The highest BCUT2D eigenvalue weighted by atomic mass is 16.2. The number of nitrogens with zero attached hydrogens (tertiary/aromatic N) is 2. The third-order valence-electron chi connectivity index (χ3n) is 3.70. The first-order valence-electron chi connectivity index (χ1n) is 6.79. The Hall–Kier alpha value is -1.03. The lowest BCUT2D eigenvalue weighted by molar-refractivity contribution is 0.145. The number of urea groups is 1. The zero-order valence-electron chi connectivity index (χ0n) is 12.4. The lowest BCUT2D eigenvalue weighted by atomic mass is 9.88. The van der Waals surface area contributed by atoms with Crippen LogP contribution in [0.5, 0.6) is 0 Å². The molecule has 2 amide bonds. The summed E-state index contributed by atoms with van der Waals surface area (Å²) in [6.07, 6.45) is 1.84. The van der Waals surface area contributed by atoms with E-state index in [1.807, 2.05) is 11.1 Å². The quantitative estimate of drug-likeness (QED) is 0.819. The van der Waals surface area contributed by atoms with Gasteiger partial charge in [-0.25, -0.2) is 4.79 Å². The number of amides is 2. The van der Waals surface area contributed by atoms with Gasteiger partial charge in [-0.15, -0.1) is 0 Å². The minimum atomic E-state index is 0.0225. The number of allylic oxidation sites excluding steroid dienone is 1. The molecular formula is C14H27N3O. The van der Waals surface area contributed by atoms with E-state index in [2.05, 4.69) is 44.8 Å². The monoisotopic (exact) mass is 253 g/mol. The van der Waals surface area contributed by atoms with Crippen molar-refractivity contribution in [2.75, 3.05) is 32.7 Å². The highest BCUT2D eigenvalue weighted by Gasteiger charge is 2.20. The summed E-state index contributed by atoms with van der Waals surface area (Å²) < 4.78 is 0. The third kappa shape index (κ3) is 4.33. The summed E-state index contributed by atoms with van der Waals surface area (Å²) in [5.74, 6) is 0. The van der Waals surface area contributed by atoms with Crippen LogP contribution in [-0.4, -0.2) is 48.6 Å². The lowest BCUT2D eigenvalue weighted by Gasteiger charge is -2.33. The van der Waals surface area contributed by atoms with E-state index >= 15 is 0 Å². The van der Waals surface area contributed by atoms with E-state index < -0.39 is 0 Å². The highest BCUT2D eigenvalue weighted by Crippen LogP contribution is 2.23. The summed E-state index contributed by atoms with van der Waals surface area (Å²) in [4.78, 5) is 16.2. The number of likely N-dealkylation sites (N-methyl/N-ethyl adjacent to an activating group) is 1. The van der Waals surface area contributed by atoms with Gasteiger partial charge in [0.05, 0.1) is 0 Å². The average molecular weight is 253 g/mol. The molecule has 0 radical (unpaired) electrons. The number of hydrogen-bond acceptors (Lipinski definition) is 2. The van der Waals surface area contributed by atoms with Gasteiger partial charge in [0.25, 0.3) is 0 Å². The van der Waals surface area contributed by atoms with Crippen molar-refractivity contribution < 1.29 is 4.79 Å². The van der Waals surface area contributed by atoms with Gasteiger partial charge in [0, 0.05) is 32.4 Å². The molecule has 1 heterocycles. The Morgan fingerprint density at radius 1 is 1.22 bits per heavy atom. The molecule has 1 rings (SSSR count). The standard InChI is InChI=1S/C14H27N3O/c1-6-16-7-9-17(10-8-16)13(18)15-11-12(2)14(3,4)5/h11H,6-10H2,1-5H3,(H,15,18)/b12-11+. The van der Waals surface area contributed by atoms with Crippen molar-refractivity contribution in [3.63, 3.8) is 0 Å². The van der Waals surface area contributed by atoms with Crippen LogP contribution in [0, 0.1) is 5.41 Å². The second kappa shape index (κ2) is 6.23. The maximum atomic E-state index is 12.0. The highest BCUT2D eigenvalue weighted by molar-refractivity contribution is 5.75. The molecule has 0 aromatic heterocycles. The molecular weight excluding hydrogens is 226 g/mol. The van der Waals surface area contributed by atoms with Gasteiger partial charge >= 0.3 is 6.03 Å². The Kier molecular flexibility index (Phi) is 5.20. The van der Waals surface area contributed by atoms with Gasteiger partial charge in [-0.05, 0) is 18.9 Å². The van der Waals surface area contributed by atoms with Gasteiger partial charge in [0.15, 0.2) is 0 Å². The predicted octanol–water partition coefficient (Wildman–Crippen LogP) is 2.28. The smallest absolute Gasteiger partial charge is 0.321 e. The van der Waals surface area contributed by atoms with Gasteiger partial charge in [-0.1, -0.05) is 33.3 Å². The Labute approximate surface area is 111 Å². The van der Waals surface area contributed by atoms with Crippen molar-refractivity contribution in [2.24, 2.45) is 5.41 Å². The van der Waals surface area contributed by atoms with Gasteiger partial charge in [-0.2, -0.15) is 0 Å². The second-order valence-electron chi connectivity index (χ2n) is 5.95. The molecule has 1 aliphatic rings. The van der Waals surface area contributed by atoms with E-state index in [4.69, 9.17) is 0 Å². The molecule has 18 heavy (non-hydrogen) atoms. The van der Waals surface area contributed by atoms with Crippen LogP contribution in [-0.2, 0) is 0 Å². The minimum absolute atomic E-state index is 0.0225. The minimum Gasteiger partial charge on any atom is -0.322 e. The van der Waals surface area contributed by atoms with Crippen LogP contribution < -0.4 is 5.32 Å². The molecule has 1 N–H and O–H groups in total. The SMILES string of the molecule is CCN1CCN(C(=O)N/C=C(\C)C(C)(C)C)CC1. The second-order valence-corrected chi connectivity index (χ2v) is 5.95. The van der Waals surface area contributed by atoms with Crippen molar-refractivity contribution in [1.29, 1.82) is 0 Å². The molecule has 1 aliphatic heterocycles. The van der Waals surface area contributed by atoms with Crippen molar-refractivity contribution in [3.05, 3.63) is 11.8 Å². The van der Waals surface area contributed by atoms with Crippen molar-refractivity contribution in [2.45, 2.75) is 34.6 Å². The van der Waals surface area contributed by atoms with Crippen LogP contribution in [0.2, 0.25) is 0 Å². The largest absolute Gasteiger partial charge is 0.322 e. The van der Waals surface area contributed by atoms with Gasteiger partial charge in [0.1, 0.15) is 0 Å². The van der Waals surface area contributed by atoms with Crippen molar-refractivity contribution in [1.82, 2.24) is 15.1 Å². The molecule has 1 saturated heterocycles. The summed E-state index contributed by atoms with van der Waals surface area (Å²) >= 11 is 0. The first-order valence-corrected chi connectivity index (χ1v) is 6.79. The number of nitrogens with one attached hydrogen (secondary N) is 1. The molecule has 0 spiro atoms. The van der Waals surface area contributed by atoms with E-state index in [0.29, 0.717) is 0 Å². The number of hydrogen-bond donors (Lipinski definition) is 1. The first kappa shape index (κ1) is 15.0. The topological polar surface area (TPSA) is 35.6 Å². The fourth-order valence-corrected chi connectivity index (χ4v) is 1.74. The first-order chi connectivity index (χ1) is 8.34. The number of carbonyl (C=O) groups is 1. The van der Waals surface area contributed by atoms with Gasteiger partial charge < -0.3 is 15.1 Å². The van der Waals surface area contributed by atoms with E-state index in [0.717, 1.165) is 32.7 Å². The zero-order chi connectivity index (χ0) is 13.8. The molecule has 1 fully saturated rings. The van der Waals surface area contributed by atoms with Gasteiger partial charge in [-0.3, -0.25) is 0 Å². The predicted molar refractivity (Wildman–Crippen MR) is 75.4 cm³/mol. The summed E-state index contributed by atoms with van der Waals surface area (Å²) in [5, 5.41) is 2.90. The molecule has 0 aromatic carbocycles. The fraction of sp³-hybridized carbons (Fsp3) is 0.786. The molecule has 4 nitrogen and oxygen atoms in total.